The number of piperidine rings is 1. The molecule has 3 aromatic heterocycles. The van der Waals surface area contributed by atoms with Gasteiger partial charge in [0.25, 0.3) is 35.4 Å². The van der Waals surface area contributed by atoms with Gasteiger partial charge in [-0.1, -0.05) is 59.6 Å². The summed E-state index contributed by atoms with van der Waals surface area (Å²) in [5.74, 6) is -5.11. The lowest BCUT2D eigenvalue weighted by atomic mass is 9.89. The first-order valence-corrected chi connectivity index (χ1v) is 44.1. The molecule has 6 N–H and O–H groups in total. The Balaban J connectivity index is 0.000000155. The van der Waals surface area contributed by atoms with Crippen LogP contribution < -0.4 is 60.3 Å². The van der Waals surface area contributed by atoms with Crippen LogP contribution in [0.3, 0.4) is 0 Å². The van der Waals surface area contributed by atoms with Gasteiger partial charge in [0, 0.05) is 130 Å². The summed E-state index contributed by atoms with van der Waals surface area (Å²) in [7, 11) is 12.6. The quantitative estimate of drug-likeness (QED) is 0.0274. The maximum atomic E-state index is 15.5. The first-order chi connectivity index (χ1) is 64.1. The molecule has 134 heavy (non-hydrogen) atoms. The van der Waals surface area contributed by atoms with Gasteiger partial charge in [0.1, 0.15) is 62.3 Å². The van der Waals surface area contributed by atoms with Crippen LogP contribution in [0.5, 0.6) is 52.1 Å². The number of fused-ring (bicyclic) bond motifs is 3. The van der Waals surface area contributed by atoms with Crippen LogP contribution in [0.4, 0.5) is 70.0 Å². The van der Waals surface area contributed by atoms with Crippen LogP contribution in [0.1, 0.15) is 161 Å². The lowest BCUT2D eigenvalue weighted by Gasteiger charge is -2.42. The Labute approximate surface area is 775 Å². The summed E-state index contributed by atoms with van der Waals surface area (Å²) in [6.45, 7) is 10.5. The average Bonchev–Trinajstić information content (AvgIpc) is 1.61. The summed E-state index contributed by atoms with van der Waals surface area (Å²) in [5, 5.41) is 17.4. The van der Waals surface area contributed by atoms with Crippen molar-refractivity contribution in [3.05, 3.63) is 192 Å². The summed E-state index contributed by atoms with van der Waals surface area (Å²) in [6.07, 6.45) is 1.05. The number of carbonyl (C=O) groups excluding carboxylic acids is 6. The summed E-state index contributed by atoms with van der Waals surface area (Å²) >= 11 is 12.9. The van der Waals surface area contributed by atoms with E-state index in [2.05, 4.69) is 76.5 Å². The highest BCUT2D eigenvalue weighted by atomic mass is 35.5. The van der Waals surface area contributed by atoms with Gasteiger partial charge in [0.2, 0.25) is 35.5 Å². The standard InChI is InChI=1S/C36H41F4N7O4.C29H32Cl2N6O5.C27H25F4N5O5/c1-45-20-22-4-3-5-29(31(22)34(45)49)51-33-26(36(38,39)40)18-41-35(44-33)43-28-17-27(37)25(16-30(28)50-2)32(48)42-23-8-10-24(11-9-23)47-14-12-46(13-15-47)19-21-6-7-21;1-15-16-7-6-8-22(25(16)28(39)37(15)3)42-27-19(31)13-32-29(35-27)34-21-12-18(30)17(11-23(21)40-4)26(38)33-20-9-10-36(2)14-24(20)41-5;1-36-13-14-5-3-7-20(22(14)25(36)38)41-24-17(27(29,30)31)12-33-26(35-24)34-19-10-18(28)16(9-21(19)39-2)23(37)32-11-15-6-4-8-40-15/h3-5,16-18,21,23-24H,6-15,19-20H2,1-2H3,(H,42,48)(H,41,43,44);6-8,11-13,15,20,24H,9-10,14H2,1-5H3,(H,33,38)(H,32,34,35);3,5,7,9-10,12,15H,4,6,8,11,13H2,1-2H3,(H,32,37)(H,33,34,35)/t;15-,20-,24+;/m.0./s1. The van der Waals surface area contributed by atoms with E-state index < -0.39 is 70.5 Å². The average molecular weight is 1900 g/mol. The lowest BCUT2D eigenvalue weighted by molar-refractivity contribution is -0.140. The Hall–Kier alpha value is -12.6. The van der Waals surface area contributed by atoms with Gasteiger partial charge in [-0.05, 0) is 143 Å². The Morgan fingerprint density at radius 3 is 1.54 bits per heavy atom. The molecule has 0 bridgehead atoms. The summed E-state index contributed by atoms with van der Waals surface area (Å²) < 4.78 is 158. The van der Waals surface area contributed by atoms with Crippen molar-refractivity contribution in [1.82, 2.24) is 75.3 Å². The maximum absolute atomic E-state index is 15.5. The number of aromatic nitrogens is 6. The van der Waals surface area contributed by atoms with E-state index in [0.29, 0.717) is 65.5 Å². The molecule has 9 heterocycles. The molecule has 6 aromatic carbocycles. The van der Waals surface area contributed by atoms with Crippen molar-refractivity contribution in [2.24, 2.45) is 5.92 Å². The van der Waals surface area contributed by atoms with Crippen molar-refractivity contribution in [1.29, 1.82) is 0 Å². The highest BCUT2D eigenvalue weighted by Crippen LogP contribution is 2.46. The molecule has 0 radical (unpaired) electrons. The molecule has 6 aliphatic heterocycles. The number of methoxy groups -OCH3 is 4. The van der Waals surface area contributed by atoms with E-state index >= 15 is 4.39 Å². The number of halogens is 10. The van der Waals surface area contributed by atoms with Crippen LogP contribution >= 0.6 is 23.2 Å². The first-order valence-electron chi connectivity index (χ1n) is 43.3. The number of hydrogen-bond acceptors (Lipinski definition) is 26. The number of amides is 6. The minimum absolute atomic E-state index is 0.00847. The fourth-order valence-corrected chi connectivity index (χ4v) is 17.4. The third-order valence-corrected chi connectivity index (χ3v) is 25.2. The van der Waals surface area contributed by atoms with Gasteiger partial charge in [-0.2, -0.15) is 41.3 Å². The molecule has 710 valence electrons. The summed E-state index contributed by atoms with van der Waals surface area (Å²) in [5.41, 5.74) is 0.341. The van der Waals surface area contributed by atoms with E-state index in [9.17, 15) is 59.5 Å². The van der Waals surface area contributed by atoms with E-state index in [1.165, 1.54) is 74.9 Å². The number of nitrogens with zero attached hydrogens (tertiary/aromatic N) is 12. The Morgan fingerprint density at radius 2 is 1.02 bits per heavy atom. The SMILES string of the molecule is COc1cc(C(=O)NC2CCC(N3CCN(CC4CC4)CC3)CC2)c(F)cc1Nc1ncc(C(F)(F)F)c(Oc2cccc3c2C(=O)N(C)C3)n1.COc1cc(C(=O)NCC2CCCO2)c(F)cc1Nc1ncc(C(F)(F)F)c(Oc2cccc3c2C(=O)N(C)C3)n1.COc1cc(C(=O)N[C@H]2CCN(C)C[C@H]2OC)c(Cl)cc1Nc1ncc(Cl)c(Oc2cccc3c2C(=O)N(C)[C@H]3C)n1. The van der Waals surface area contributed by atoms with Crippen LogP contribution in [-0.2, 0) is 34.9 Å². The highest BCUT2D eigenvalue weighted by molar-refractivity contribution is 6.34. The van der Waals surface area contributed by atoms with Gasteiger partial charge in [0.15, 0.2) is 0 Å². The number of benzene rings is 6. The van der Waals surface area contributed by atoms with Gasteiger partial charge >= 0.3 is 12.4 Å². The predicted octanol–water partition coefficient (Wildman–Crippen LogP) is 15.4. The minimum atomic E-state index is -4.88. The molecular formula is C92H98Cl2F8N18O14. The molecule has 8 aliphatic rings. The smallest absolute Gasteiger partial charge is 0.423 e. The van der Waals surface area contributed by atoms with Gasteiger partial charge in [-0.3, -0.25) is 33.7 Å². The number of rotatable bonds is 26. The Bertz CT molecular complexity index is 5930. The van der Waals surface area contributed by atoms with Crippen molar-refractivity contribution in [3.8, 4) is 52.1 Å². The first kappa shape index (κ1) is 96.0. The lowest BCUT2D eigenvalue weighted by Crippen LogP contribution is -2.53. The van der Waals surface area contributed by atoms with Gasteiger partial charge in [0.05, 0.1) is 107 Å². The summed E-state index contributed by atoms with van der Waals surface area (Å²) in [6, 6.07) is 22.3. The number of alkyl halides is 6. The number of likely N-dealkylation sites (N-methyl/N-ethyl adjacent to an activating group) is 1. The van der Waals surface area contributed by atoms with Crippen molar-refractivity contribution < 1.29 is 102 Å². The van der Waals surface area contributed by atoms with E-state index in [4.69, 9.17) is 61.1 Å². The van der Waals surface area contributed by atoms with E-state index in [1.54, 1.807) is 75.6 Å². The van der Waals surface area contributed by atoms with Crippen LogP contribution in [0.25, 0.3) is 0 Å². The zero-order valence-electron chi connectivity index (χ0n) is 74.4. The fourth-order valence-electron chi connectivity index (χ4n) is 17.1. The van der Waals surface area contributed by atoms with Crippen molar-refractivity contribution in [3.63, 3.8) is 0 Å². The second-order valence-corrected chi connectivity index (χ2v) is 34.5. The van der Waals surface area contributed by atoms with Crippen LogP contribution in [0, 0.1) is 17.6 Å². The van der Waals surface area contributed by atoms with Crippen molar-refractivity contribution >= 4 is 93.6 Å². The van der Waals surface area contributed by atoms with E-state index in [1.807, 2.05) is 26.1 Å². The molecule has 0 spiro atoms. The Morgan fingerprint density at radius 1 is 0.530 bits per heavy atom. The number of nitrogens with one attached hydrogen (secondary N) is 6. The largest absolute Gasteiger partial charge is 0.495 e. The third kappa shape index (κ3) is 21.9. The normalized spacial score (nSPS) is 19.5. The Kier molecular flexibility index (Phi) is 29.4. The zero-order chi connectivity index (χ0) is 95.3. The third-order valence-electron chi connectivity index (χ3n) is 24.6. The molecule has 42 heteroatoms. The number of hydrogen-bond donors (Lipinski definition) is 6. The molecule has 3 saturated heterocycles. The molecule has 4 atom stereocenters. The molecule has 6 amide bonds. The van der Waals surface area contributed by atoms with Crippen LogP contribution in [-0.4, -0.2) is 241 Å². The molecule has 32 nitrogen and oxygen atoms in total. The predicted molar refractivity (Wildman–Crippen MR) is 476 cm³/mol. The van der Waals surface area contributed by atoms with Gasteiger partial charge < -0.3 is 94.3 Å². The number of piperazine rings is 1. The molecule has 17 rings (SSSR count). The minimum Gasteiger partial charge on any atom is -0.495 e. The van der Waals surface area contributed by atoms with Crippen LogP contribution in [0.2, 0.25) is 10.0 Å². The van der Waals surface area contributed by atoms with Crippen molar-refractivity contribution in [2.45, 2.75) is 127 Å². The van der Waals surface area contributed by atoms with E-state index in [-0.39, 0.29) is 158 Å². The topological polar surface area (TPSA) is 345 Å². The monoisotopic (exact) mass is 1900 g/mol. The highest BCUT2D eigenvalue weighted by Gasteiger charge is 2.42. The van der Waals surface area contributed by atoms with Crippen molar-refractivity contribution in [2.75, 3.05) is 132 Å². The zero-order valence-corrected chi connectivity index (χ0v) is 75.9. The molecule has 9 aromatic rings. The summed E-state index contributed by atoms with van der Waals surface area (Å²) in [4.78, 5) is 113. The van der Waals surface area contributed by atoms with Gasteiger partial charge in [-0.25, -0.2) is 23.7 Å². The second-order valence-electron chi connectivity index (χ2n) is 33.7. The number of carbonyl (C=O) groups is 6. The molecule has 2 aliphatic carbocycles. The number of ether oxygens (including phenoxy) is 8. The second kappa shape index (κ2) is 41.1. The number of anilines is 6. The maximum Gasteiger partial charge on any atom is 0.423 e. The van der Waals surface area contributed by atoms with Gasteiger partial charge in [-0.15, -0.1) is 0 Å². The fraction of sp³-hybridized carbons (Fsp3) is 0.413. The number of likely N-dealkylation sites (tertiary alicyclic amines) is 1. The molecule has 2 saturated carbocycles. The van der Waals surface area contributed by atoms with E-state index in [0.717, 1.165) is 107 Å². The van der Waals surface area contributed by atoms with Crippen LogP contribution in [0.15, 0.2) is 110 Å². The molecule has 1 unspecified atom stereocenters. The molecule has 5 fully saturated rings. The molecular weight excluding hydrogens is 1800 g/mol.